The number of aromatic hydroxyl groups is 1. The summed E-state index contributed by atoms with van der Waals surface area (Å²) in [5.41, 5.74) is 0. The molecule has 1 atom stereocenters. The second-order valence-corrected chi connectivity index (χ2v) is 4.54. The van der Waals surface area contributed by atoms with Crippen LogP contribution in [0, 0.1) is 0 Å². The highest BCUT2D eigenvalue weighted by atomic mass is 16.3. The van der Waals surface area contributed by atoms with Gasteiger partial charge in [-0.25, -0.2) is 4.98 Å². The summed E-state index contributed by atoms with van der Waals surface area (Å²) in [4.78, 5) is 4.28. The van der Waals surface area contributed by atoms with Crippen LogP contribution in [0.15, 0.2) is 30.5 Å². The van der Waals surface area contributed by atoms with Gasteiger partial charge in [0.05, 0.1) is 6.10 Å². The minimum absolute atomic E-state index is 0.232. The SMILES string of the molecule is CC(O)CNCCNc1nccc2ccc(O)cc12. The second-order valence-electron chi connectivity index (χ2n) is 4.54. The van der Waals surface area contributed by atoms with E-state index in [0.29, 0.717) is 13.1 Å². The lowest BCUT2D eigenvalue weighted by Crippen LogP contribution is -2.29. The zero-order valence-electron chi connectivity index (χ0n) is 10.9. The number of nitrogens with one attached hydrogen (secondary N) is 2. The lowest BCUT2D eigenvalue weighted by atomic mass is 10.1. The van der Waals surface area contributed by atoms with Gasteiger partial charge in [-0.1, -0.05) is 6.07 Å². The number of phenolic OH excluding ortho intramolecular Hbond substituents is 1. The van der Waals surface area contributed by atoms with Crippen LogP contribution in [0.25, 0.3) is 10.8 Å². The fourth-order valence-corrected chi connectivity index (χ4v) is 1.88. The smallest absolute Gasteiger partial charge is 0.133 e. The molecule has 1 aromatic heterocycles. The van der Waals surface area contributed by atoms with Crippen LogP contribution in [0.2, 0.25) is 0 Å². The zero-order valence-corrected chi connectivity index (χ0v) is 10.9. The molecule has 5 nitrogen and oxygen atoms in total. The molecule has 0 aliphatic heterocycles. The summed E-state index contributed by atoms with van der Waals surface area (Å²) in [5, 5.41) is 26.9. The predicted octanol–water partition coefficient (Wildman–Crippen LogP) is 1.32. The third-order valence-electron chi connectivity index (χ3n) is 2.78. The van der Waals surface area contributed by atoms with E-state index in [1.54, 1.807) is 25.3 Å². The van der Waals surface area contributed by atoms with Crippen molar-refractivity contribution in [2.24, 2.45) is 0 Å². The molecule has 0 spiro atoms. The standard InChI is InChI=1S/C14H19N3O2/c1-10(18)9-15-6-7-17-14-13-8-12(19)3-2-11(13)4-5-16-14/h2-5,8,10,15,18-19H,6-7,9H2,1H3,(H,16,17). The van der Waals surface area contributed by atoms with Crippen molar-refractivity contribution in [1.29, 1.82) is 0 Å². The molecule has 19 heavy (non-hydrogen) atoms. The predicted molar refractivity (Wildman–Crippen MR) is 76.4 cm³/mol. The number of anilines is 1. The Balaban J connectivity index is 1.98. The third kappa shape index (κ3) is 3.81. The summed E-state index contributed by atoms with van der Waals surface area (Å²) in [5.74, 6) is 0.989. The topological polar surface area (TPSA) is 77.4 Å². The molecule has 0 fully saturated rings. The number of fused-ring (bicyclic) bond motifs is 1. The Bertz CT molecular complexity index is 543. The molecule has 0 aliphatic carbocycles. The van der Waals surface area contributed by atoms with Gasteiger partial charge >= 0.3 is 0 Å². The average Bonchev–Trinajstić information content (AvgIpc) is 2.38. The van der Waals surface area contributed by atoms with Crippen LogP contribution in [0.4, 0.5) is 5.82 Å². The Kier molecular flexibility index (Phi) is 4.54. The number of pyridine rings is 1. The van der Waals surface area contributed by atoms with Gasteiger partial charge in [-0.3, -0.25) is 0 Å². The van der Waals surface area contributed by atoms with E-state index in [9.17, 15) is 5.11 Å². The van der Waals surface area contributed by atoms with Gasteiger partial charge in [0.1, 0.15) is 11.6 Å². The van der Waals surface area contributed by atoms with E-state index >= 15 is 0 Å². The molecule has 0 aliphatic rings. The molecule has 2 aromatic rings. The lowest BCUT2D eigenvalue weighted by molar-refractivity contribution is 0.192. The number of hydrogen-bond acceptors (Lipinski definition) is 5. The lowest BCUT2D eigenvalue weighted by Gasteiger charge is -2.10. The van der Waals surface area contributed by atoms with Gasteiger partial charge in [0.2, 0.25) is 0 Å². The first-order valence-corrected chi connectivity index (χ1v) is 6.37. The third-order valence-corrected chi connectivity index (χ3v) is 2.78. The minimum Gasteiger partial charge on any atom is -0.508 e. The van der Waals surface area contributed by atoms with Gasteiger partial charge in [-0.15, -0.1) is 0 Å². The first-order valence-electron chi connectivity index (χ1n) is 6.37. The van der Waals surface area contributed by atoms with Gasteiger partial charge in [0, 0.05) is 31.2 Å². The maximum Gasteiger partial charge on any atom is 0.133 e. The monoisotopic (exact) mass is 261 g/mol. The van der Waals surface area contributed by atoms with Crippen molar-refractivity contribution in [2.45, 2.75) is 13.0 Å². The van der Waals surface area contributed by atoms with E-state index in [0.717, 1.165) is 23.1 Å². The Morgan fingerprint density at radius 2 is 2.11 bits per heavy atom. The van der Waals surface area contributed by atoms with Crippen LogP contribution in [-0.2, 0) is 0 Å². The normalized spacial score (nSPS) is 12.5. The fourth-order valence-electron chi connectivity index (χ4n) is 1.88. The molecule has 1 heterocycles. The van der Waals surface area contributed by atoms with E-state index in [2.05, 4.69) is 15.6 Å². The Hall–Kier alpha value is -1.85. The number of aliphatic hydroxyl groups is 1. The van der Waals surface area contributed by atoms with Crippen molar-refractivity contribution in [1.82, 2.24) is 10.3 Å². The Morgan fingerprint density at radius 3 is 2.89 bits per heavy atom. The van der Waals surface area contributed by atoms with Crippen LogP contribution in [0.3, 0.4) is 0 Å². The summed E-state index contributed by atoms with van der Waals surface area (Å²) in [7, 11) is 0. The molecule has 4 N–H and O–H groups in total. The van der Waals surface area contributed by atoms with Crippen LogP contribution < -0.4 is 10.6 Å². The molecule has 102 valence electrons. The summed E-state index contributed by atoms with van der Waals surface area (Å²) >= 11 is 0. The minimum atomic E-state index is -0.340. The van der Waals surface area contributed by atoms with E-state index in [1.807, 2.05) is 12.1 Å². The van der Waals surface area contributed by atoms with Crippen LogP contribution >= 0.6 is 0 Å². The molecule has 0 saturated carbocycles. The van der Waals surface area contributed by atoms with Crippen molar-refractivity contribution in [2.75, 3.05) is 25.0 Å². The van der Waals surface area contributed by atoms with E-state index < -0.39 is 0 Å². The average molecular weight is 261 g/mol. The van der Waals surface area contributed by atoms with Crippen LogP contribution in [0.5, 0.6) is 5.75 Å². The van der Waals surface area contributed by atoms with Gasteiger partial charge < -0.3 is 20.8 Å². The maximum absolute atomic E-state index is 9.53. The molecule has 2 rings (SSSR count). The van der Waals surface area contributed by atoms with Crippen molar-refractivity contribution < 1.29 is 10.2 Å². The number of rotatable bonds is 6. The summed E-state index contributed by atoms with van der Waals surface area (Å²) in [6.45, 7) is 3.76. The van der Waals surface area contributed by atoms with Crippen molar-refractivity contribution in [3.05, 3.63) is 30.5 Å². The Morgan fingerprint density at radius 1 is 1.26 bits per heavy atom. The van der Waals surface area contributed by atoms with Gasteiger partial charge in [0.25, 0.3) is 0 Å². The molecule has 1 aromatic carbocycles. The van der Waals surface area contributed by atoms with Gasteiger partial charge in [-0.2, -0.15) is 0 Å². The van der Waals surface area contributed by atoms with E-state index in [4.69, 9.17) is 5.11 Å². The van der Waals surface area contributed by atoms with Crippen molar-refractivity contribution in [3.8, 4) is 5.75 Å². The number of benzene rings is 1. The van der Waals surface area contributed by atoms with E-state index in [-0.39, 0.29) is 11.9 Å². The quantitative estimate of drug-likeness (QED) is 0.590. The van der Waals surface area contributed by atoms with E-state index in [1.165, 1.54) is 0 Å². The van der Waals surface area contributed by atoms with Gasteiger partial charge in [0.15, 0.2) is 0 Å². The molecular weight excluding hydrogens is 242 g/mol. The second kappa shape index (κ2) is 6.36. The molecule has 0 amide bonds. The fraction of sp³-hybridized carbons (Fsp3) is 0.357. The molecule has 0 bridgehead atoms. The number of aliphatic hydroxyl groups excluding tert-OH is 1. The molecule has 0 radical (unpaired) electrons. The zero-order chi connectivity index (χ0) is 13.7. The van der Waals surface area contributed by atoms with Crippen LogP contribution in [-0.4, -0.2) is 40.9 Å². The highest BCUT2D eigenvalue weighted by Gasteiger charge is 2.02. The van der Waals surface area contributed by atoms with Crippen molar-refractivity contribution in [3.63, 3.8) is 0 Å². The summed E-state index contributed by atoms with van der Waals surface area (Å²) < 4.78 is 0. The van der Waals surface area contributed by atoms with Gasteiger partial charge in [-0.05, 0) is 30.5 Å². The highest BCUT2D eigenvalue weighted by molar-refractivity contribution is 5.92. The molecule has 0 saturated heterocycles. The molecule has 1 unspecified atom stereocenters. The molecular formula is C14H19N3O2. The van der Waals surface area contributed by atoms with Crippen molar-refractivity contribution >= 4 is 16.6 Å². The Labute approximate surface area is 112 Å². The summed E-state index contributed by atoms with van der Waals surface area (Å²) in [6.07, 6.45) is 1.40. The summed E-state index contributed by atoms with van der Waals surface area (Å²) in [6, 6.07) is 7.14. The van der Waals surface area contributed by atoms with Crippen LogP contribution in [0.1, 0.15) is 6.92 Å². The largest absolute Gasteiger partial charge is 0.508 e. The maximum atomic E-state index is 9.53. The highest BCUT2D eigenvalue weighted by Crippen LogP contribution is 2.24. The molecule has 5 heteroatoms. The number of hydrogen-bond donors (Lipinski definition) is 4. The first-order chi connectivity index (χ1) is 9.16. The number of aromatic nitrogens is 1. The number of phenols is 1. The number of nitrogens with zero attached hydrogens (tertiary/aromatic N) is 1. The first kappa shape index (κ1) is 13.6.